The summed E-state index contributed by atoms with van der Waals surface area (Å²) in [6.45, 7) is 1.12. The highest BCUT2D eigenvalue weighted by molar-refractivity contribution is 5.85. The van der Waals surface area contributed by atoms with Gasteiger partial charge in [-0.2, -0.15) is 0 Å². The molecule has 0 aliphatic heterocycles. The average Bonchev–Trinajstić information content (AvgIpc) is 2.58. The minimum absolute atomic E-state index is 0.0583. The molecule has 1 unspecified atom stereocenters. The van der Waals surface area contributed by atoms with E-state index in [1.165, 1.54) is 14.0 Å². The minimum atomic E-state index is -2.00. The molecule has 1 N–H and O–H groups in total. The number of hydrogen-bond donors (Lipinski definition) is 1. The molecule has 1 amide bonds. The van der Waals surface area contributed by atoms with Crippen LogP contribution in [0.15, 0.2) is 48.5 Å². The molecule has 0 aromatic heterocycles. The molecule has 0 bridgehead atoms. The summed E-state index contributed by atoms with van der Waals surface area (Å²) in [5, 5.41) is 9.58. The van der Waals surface area contributed by atoms with Gasteiger partial charge in [-0.25, -0.2) is 18.4 Å². The quantitative estimate of drug-likeness (QED) is 0.897. The second-order valence-corrected chi connectivity index (χ2v) is 5.63. The van der Waals surface area contributed by atoms with Crippen molar-refractivity contribution in [1.29, 1.82) is 0 Å². The molecule has 1 atom stereocenters. The Hall–Kier alpha value is -2.96. The molecule has 0 saturated heterocycles. The zero-order chi connectivity index (χ0) is 18.6. The van der Waals surface area contributed by atoms with E-state index in [1.807, 2.05) is 0 Å². The standard InChI is InChI=1S/C18H17F2NO4/c1-18(16(22)23,13-8-14(19)10-15(20)9-13)21(2)17(24)25-11-12-6-4-3-5-7-12/h3-10H,11H2,1-2H3,(H,22,23). The van der Waals surface area contributed by atoms with Crippen LogP contribution in [0.25, 0.3) is 0 Å². The summed E-state index contributed by atoms with van der Waals surface area (Å²) in [5.74, 6) is -3.32. The summed E-state index contributed by atoms with van der Waals surface area (Å²) in [7, 11) is 1.20. The molecule has 0 spiro atoms. The highest BCUT2D eigenvalue weighted by Crippen LogP contribution is 2.29. The maximum absolute atomic E-state index is 13.5. The van der Waals surface area contributed by atoms with Gasteiger partial charge in [0.05, 0.1) is 0 Å². The van der Waals surface area contributed by atoms with Crippen molar-refractivity contribution in [3.8, 4) is 0 Å². The van der Waals surface area contributed by atoms with Crippen molar-refractivity contribution in [1.82, 2.24) is 4.90 Å². The number of amides is 1. The van der Waals surface area contributed by atoms with E-state index in [1.54, 1.807) is 30.3 Å². The number of carboxylic acids is 1. The maximum Gasteiger partial charge on any atom is 0.411 e. The zero-order valence-corrected chi connectivity index (χ0v) is 13.7. The van der Waals surface area contributed by atoms with E-state index in [2.05, 4.69) is 0 Å². The van der Waals surface area contributed by atoms with Crippen LogP contribution in [0.2, 0.25) is 0 Å². The Bertz CT molecular complexity index is 762. The fraction of sp³-hybridized carbons (Fsp3) is 0.222. The van der Waals surface area contributed by atoms with Gasteiger partial charge in [-0.1, -0.05) is 30.3 Å². The van der Waals surface area contributed by atoms with Gasteiger partial charge in [0, 0.05) is 13.1 Å². The van der Waals surface area contributed by atoms with Crippen LogP contribution in [0, 0.1) is 11.6 Å². The van der Waals surface area contributed by atoms with Crippen molar-refractivity contribution < 1.29 is 28.2 Å². The average molecular weight is 349 g/mol. The molecule has 2 aromatic rings. The smallest absolute Gasteiger partial charge is 0.411 e. The number of ether oxygens (including phenoxy) is 1. The van der Waals surface area contributed by atoms with Crippen LogP contribution >= 0.6 is 0 Å². The number of carbonyl (C=O) groups is 2. The summed E-state index contributed by atoms with van der Waals surface area (Å²) >= 11 is 0. The van der Waals surface area contributed by atoms with E-state index in [-0.39, 0.29) is 12.2 Å². The van der Waals surface area contributed by atoms with Gasteiger partial charge >= 0.3 is 12.1 Å². The molecule has 132 valence electrons. The van der Waals surface area contributed by atoms with Crippen molar-refractivity contribution >= 4 is 12.1 Å². The lowest BCUT2D eigenvalue weighted by molar-refractivity contribution is -0.149. The Morgan fingerprint density at radius 3 is 2.20 bits per heavy atom. The predicted octanol–water partition coefficient (Wildman–Crippen LogP) is 3.53. The van der Waals surface area contributed by atoms with Crippen LogP contribution in [-0.4, -0.2) is 29.1 Å². The van der Waals surface area contributed by atoms with Gasteiger partial charge < -0.3 is 9.84 Å². The fourth-order valence-electron chi connectivity index (χ4n) is 2.29. The molecule has 2 rings (SSSR count). The lowest BCUT2D eigenvalue weighted by Crippen LogP contribution is -2.50. The largest absolute Gasteiger partial charge is 0.479 e. The number of halogens is 2. The molecule has 0 aliphatic rings. The summed E-state index contributed by atoms with van der Waals surface area (Å²) in [5.41, 5.74) is -1.49. The van der Waals surface area contributed by atoms with Gasteiger partial charge in [0.15, 0.2) is 5.54 Å². The van der Waals surface area contributed by atoms with Crippen molar-refractivity contribution in [3.63, 3.8) is 0 Å². The SMILES string of the molecule is CN(C(=O)OCc1ccccc1)C(C)(C(=O)O)c1cc(F)cc(F)c1. The first kappa shape index (κ1) is 18.4. The number of benzene rings is 2. The lowest BCUT2D eigenvalue weighted by Gasteiger charge is -2.34. The highest BCUT2D eigenvalue weighted by Gasteiger charge is 2.43. The number of aliphatic carboxylic acids is 1. The summed E-state index contributed by atoms with van der Waals surface area (Å²) < 4.78 is 32.1. The molecule has 0 aliphatic carbocycles. The first-order valence-electron chi connectivity index (χ1n) is 7.39. The third-order valence-corrected chi connectivity index (χ3v) is 3.99. The van der Waals surface area contributed by atoms with Gasteiger partial charge in [0.25, 0.3) is 0 Å². The molecule has 0 heterocycles. The third kappa shape index (κ3) is 3.93. The van der Waals surface area contributed by atoms with E-state index in [4.69, 9.17) is 4.74 Å². The summed E-state index contributed by atoms with van der Waals surface area (Å²) in [6, 6.07) is 11.2. The van der Waals surface area contributed by atoms with Gasteiger partial charge in [0.1, 0.15) is 18.2 Å². The Kier molecular flexibility index (Phi) is 5.36. The topological polar surface area (TPSA) is 66.8 Å². The van der Waals surface area contributed by atoms with E-state index >= 15 is 0 Å². The number of rotatable bonds is 5. The van der Waals surface area contributed by atoms with Gasteiger partial charge in [-0.05, 0) is 30.2 Å². The van der Waals surface area contributed by atoms with Crippen LogP contribution in [0.4, 0.5) is 13.6 Å². The van der Waals surface area contributed by atoms with E-state index < -0.39 is 29.2 Å². The molecule has 2 aromatic carbocycles. The summed E-state index contributed by atoms with van der Waals surface area (Å²) in [6.07, 6.45) is -0.932. The Balaban J connectivity index is 2.26. The van der Waals surface area contributed by atoms with Crippen LogP contribution in [0.3, 0.4) is 0 Å². The first-order valence-corrected chi connectivity index (χ1v) is 7.39. The van der Waals surface area contributed by atoms with E-state index in [9.17, 15) is 23.5 Å². The lowest BCUT2D eigenvalue weighted by atomic mass is 9.90. The van der Waals surface area contributed by atoms with Crippen LogP contribution in [0.1, 0.15) is 18.1 Å². The molecule has 0 saturated carbocycles. The Morgan fingerprint density at radius 1 is 1.12 bits per heavy atom. The highest BCUT2D eigenvalue weighted by atomic mass is 19.1. The maximum atomic E-state index is 13.5. The van der Waals surface area contributed by atoms with Crippen molar-refractivity contribution in [2.24, 2.45) is 0 Å². The van der Waals surface area contributed by atoms with E-state index in [0.29, 0.717) is 6.07 Å². The monoisotopic (exact) mass is 349 g/mol. The van der Waals surface area contributed by atoms with Gasteiger partial charge in [-0.3, -0.25) is 4.90 Å². The van der Waals surface area contributed by atoms with Gasteiger partial charge in [0.2, 0.25) is 0 Å². The van der Waals surface area contributed by atoms with Crippen LogP contribution in [-0.2, 0) is 21.7 Å². The molecule has 0 radical (unpaired) electrons. The number of carbonyl (C=O) groups excluding carboxylic acids is 1. The zero-order valence-electron chi connectivity index (χ0n) is 13.7. The minimum Gasteiger partial charge on any atom is -0.479 e. The second kappa shape index (κ2) is 7.29. The molecule has 25 heavy (non-hydrogen) atoms. The van der Waals surface area contributed by atoms with Crippen molar-refractivity contribution in [3.05, 3.63) is 71.3 Å². The van der Waals surface area contributed by atoms with Crippen LogP contribution < -0.4 is 0 Å². The molecular formula is C18H17F2NO4. The number of hydrogen-bond acceptors (Lipinski definition) is 3. The van der Waals surface area contributed by atoms with E-state index in [0.717, 1.165) is 22.6 Å². The molecular weight excluding hydrogens is 332 g/mol. The summed E-state index contributed by atoms with van der Waals surface area (Å²) in [4.78, 5) is 24.8. The van der Waals surface area contributed by atoms with Crippen LogP contribution in [0.5, 0.6) is 0 Å². The molecule has 5 nitrogen and oxygen atoms in total. The normalized spacial score (nSPS) is 13.0. The van der Waals surface area contributed by atoms with Crippen molar-refractivity contribution in [2.75, 3.05) is 7.05 Å². The predicted molar refractivity (Wildman–Crippen MR) is 85.7 cm³/mol. The Morgan fingerprint density at radius 2 is 1.68 bits per heavy atom. The molecule has 0 fully saturated rings. The number of nitrogens with zero attached hydrogens (tertiary/aromatic N) is 1. The fourth-order valence-corrected chi connectivity index (χ4v) is 2.29. The Labute approximate surface area is 143 Å². The van der Waals surface area contributed by atoms with Crippen molar-refractivity contribution in [2.45, 2.75) is 19.1 Å². The number of likely N-dealkylation sites (N-methyl/N-ethyl adjacent to an activating group) is 1. The third-order valence-electron chi connectivity index (χ3n) is 3.99. The van der Waals surface area contributed by atoms with Gasteiger partial charge in [-0.15, -0.1) is 0 Å². The number of carboxylic acid groups (broad SMARTS) is 1. The molecule has 7 heteroatoms. The second-order valence-electron chi connectivity index (χ2n) is 5.63. The first-order chi connectivity index (χ1) is 11.7.